The van der Waals surface area contributed by atoms with E-state index in [9.17, 15) is 4.79 Å². The Hall–Kier alpha value is -3.65. The van der Waals surface area contributed by atoms with Gasteiger partial charge in [-0.05, 0) is 48.9 Å². The summed E-state index contributed by atoms with van der Waals surface area (Å²) in [5, 5.41) is 11.8. The fourth-order valence-electron chi connectivity index (χ4n) is 2.75. The molecular formula is C22H20N4O. The summed E-state index contributed by atoms with van der Waals surface area (Å²) < 4.78 is 0. The first-order valence-corrected chi connectivity index (χ1v) is 8.64. The van der Waals surface area contributed by atoms with E-state index in [1.807, 2.05) is 60.5 Å². The number of pyridine rings is 1. The van der Waals surface area contributed by atoms with Crippen molar-refractivity contribution >= 4 is 17.4 Å². The van der Waals surface area contributed by atoms with Crippen molar-refractivity contribution in [3.05, 3.63) is 89.6 Å². The third-order valence-corrected chi connectivity index (χ3v) is 4.48. The quantitative estimate of drug-likeness (QED) is 0.735. The minimum Gasteiger partial charge on any atom is -0.353 e. The molecule has 0 fully saturated rings. The van der Waals surface area contributed by atoms with Gasteiger partial charge >= 0.3 is 0 Å². The number of rotatable bonds is 5. The Morgan fingerprint density at radius 3 is 2.56 bits per heavy atom. The highest BCUT2D eigenvalue weighted by atomic mass is 16.1. The van der Waals surface area contributed by atoms with Crippen molar-refractivity contribution in [1.82, 2.24) is 4.98 Å². The first-order chi connectivity index (χ1) is 13.1. The minimum atomic E-state index is -0.137. The van der Waals surface area contributed by atoms with Crippen LogP contribution in [0.25, 0.3) is 0 Å². The van der Waals surface area contributed by atoms with E-state index < -0.39 is 0 Å². The van der Waals surface area contributed by atoms with E-state index in [0.717, 1.165) is 17.1 Å². The molecule has 1 unspecified atom stereocenters. The lowest BCUT2D eigenvalue weighted by atomic mass is 10.1. The Morgan fingerprint density at radius 2 is 1.89 bits per heavy atom. The van der Waals surface area contributed by atoms with Gasteiger partial charge in [0.25, 0.3) is 5.91 Å². The summed E-state index contributed by atoms with van der Waals surface area (Å²) in [7, 11) is 1.95. The second-order valence-electron chi connectivity index (χ2n) is 6.25. The van der Waals surface area contributed by atoms with Crippen LogP contribution < -0.4 is 10.2 Å². The zero-order valence-electron chi connectivity index (χ0n) is 15.3. The van der Waals surface area contributed by atoms with Crippen molar-refractivity contribution in [3.8, 4) is 6.07 Å². The van der Waals surface area contributed by atoms with Gasteiger partial charge in [-0.1, -0.05) is 30.3 Å². The standard InChI is InChI=1S/C22H20N4O/c1-16(26(2)21-12-11-17(14-23)15-24-21)19-9-6-10-20(13-19)25-22(27)18-7-4-3-5-8-18/h3-13,15-16H,1-2H3,(H,25,27). The van der Waals surface area contributed by atoms with Gasteiger partial charge in [-0.3, -0.25) is 4.79 Å². The fraction of sp³-hybridized carbons (Fsp3) is 0.136. The molecule has 0 saturated heterocycles. The summed E-state index contributed by atoms with van der Waals surface area (Å²) in [6, 6.07) is 22.6. The van der Waals surface area contributed by atoms with Crippen molar-refractivity contribution in [3.63, 3.8) is 0 Å². The third-order valence-electron chi connectivity index (χ3n) is 4.48. The van der Waals surface area contributed by atoms with Gasteiger partial charge in [0.2, 0.25) is 0 Å². The maximum atomic E-state index is 12.4. The summed E-state index contributed by atoms with van der Waals surface area (Å²) in [5.74, 6) is 0.641. The van der Waals surface area contributed by atoms with Gasteiger partial charge in [0.05, 0.1) is 11.6 Å². The van der Waals surface area contributed by atoms with E-state index in [1.165, 1.54) is 0 Å². The highest BCUT2D eigenvalue weighted by Gasteiger charge is 2.14. The summed E-state index contributed by atoms with van der Waals surface area (Å²) in [6.07, 6.45) is 1.56. The largest absolute Gasteiger partial charge is 0.353 e. The average molecular weight is 356 g/mol. The summed E-state index contributed by atoms with van der Waals surface area (Å²) in [4.78, 5) is 18.7. The SMILES string of the molecule is CC(c1cccc(NC(=O)c2ccccc2)c1)N(C)c1ccc(C#N)cn1. The molecule has 3 aromatic rings. The molecule has 0 aliphatic rings. The first kappa shape index (κ1) is 18.2. The third kappa shape index (κ3) is 4.31. The smallest absolute Gasteiger partial charge is 0.255 e. The molecule has 3 rings (SSSR count). The topological polar surface area (TPSA) is 69.0 Å². The Bertz CT molecular complexity index is 962. The van der Waals surface area contributed by atoms with Gasteiger partial charge in [-0.25, -0.2) is 4.98 Å². The van der Waals surface area contributed by atoms with Crippen LogP contribution in [0.3, 0.4) is 0 Å². The summed E-state index contributed by atoms with van der Waals surface area (Å²) in [5.41, 5.74) is 2.95. The number of benzene rings is 2. The van der Waals surface area contributed by atoms with E-state index >= 15 is 0 Å². The van der Waals surface area contributed by atoms with Crippen molar-refractivity contribution in [1.29, 1.82) is 5.26 Å². The van der Waals surface area contributed by atoms with E-state index in [1.54, 1.807) is 24.4 Å². The molecule has 1 atom stereocenters. The van der Waals surface area contributed by atoms with Gasteiger partial charge in [0.1, 0.15) is 11.9 Å². The number of hydrogen-bond donors (Lipinski definition) is 1. The molecule has 0 spiro atoms. The monoisotopic (exact) mass is 356 g/mol. The van der Waals surface area contributed by atoms with Crippen LogP contribution in [0, 0.1) is 11.3 Å². The molecule has 1 N–H and O–H groups in total. The highest BCUT2D eigenvalue weighted by molar-refractivity contribution is 6.04. The predicted molar refractivity (Wildman–Crippen MR) is 107 cm³/mol. The van der Waals surface area contributed by atoms with Crippen LogP contribution in [-0.2, 0) is 0 Å². The number of carbonyl (C=O) groups is 1. The Morgan fingerprint density at radius 1 is 1.11 bits per heavy atom. The lowest BCUT2D eigenvalue weighted by Gasteiger charge is -2.26. The molecule has 27 heavy (non-hydrogen) atoms. The van der Waals surface area contributed by atoms with Gasteiger partial charge in [-0.2, -0.15) is 5.26 Å². The maximum absolute atomic E-state index is 12.4. The number of nitriles is 1. The Balaban J connectivity index is 1.75. The van der Waals surface area contributed by atoms with Gasteiger partial charge in [0.15, 0.2) is 0 Å². The molecule has 0 saturated carbocycles. The van der Waals surface area contributed by atoms with Crippen LogP contribution in [0.4, 0.5) is 11.5 Å². The maximum Gasteiger partial charge on any atom is 0.255 e. The lowest BCUT2D eigenvalue weighted by Crippen LogP contribution is -2.22. The van der Waals surface area contributed by atoms with Gasteiger partial charge < -0.3 is 10.2 Å². The van der Waals surface area contributed by atoms with Crippen LogP contribution >= 0.6 is 0 Å². The molecule has 1 heterocycles. The highest BCUT2D eigenvalue weighted by Crippen LogP contribution is 2.26. The molecule has 0 bridgehead atoms. The predicted octanol–water partition coefficient (Wildman–Crippen LogP) is 4.40. The van der Waals surface area contributed by atoms with Crippen LogP contribution in [0.5, 0.6) is 0 Å². The zero-order chi connectivity index (χ0) is 19.2. The minimum absolute atomic E-state index is 0.0408. The molecule has 0 aliphatic carbocycles. The van der Waals surface area contributed by atoms with Crippen molar-refractivity contribution in [2.24, 2.45) is 0 Å². The summed E-state index contributed by atoms with van der Waals surface area (Å²) >= 11 is 0. The number of nitrogens with one attached hydrogen (secondary N) is 1. The Kier molecular flexibility index (Phi) is 5.48. The second kappa shape index (κ2) is 8.15. The first-order valence-electron chi connectivity index (χ1n) is 8.64. The molecule has 5 nitrogen and oxygen atoms in total. The fourth-order valence-corrected chi connectivity index (χ4v) is 2.75. The number of aromatic nitrogens is 1. The summed E-state index contributed by atoms with van der Waals surface area (Å²) in [6.45, 7) is 2.07. The Labute approximate surface area is 158 Å². The molecule has 1 aromatic heterocycles. The number of anilines is 2. The number of amides is 1. The van der Waals surface area contributed by atoms with E-state index in [4.69, 9.17) is 5.26 Å². The van der Waals surface area contributed by atoms with Crippen LogP contribution in [-0.4, -0.2) is 17.9 Å². The molecule has 2 aromatic carbocycles. The molecule has 1 amide bonds. The molecule has 134 valence electrons. The van der Waals surface area contributed by atoms with Crippen LogP contribution in [0.1, 0.15) is 34.5 Å². The zero-order valence-corrected chi connectivity index (χ0v) is 15.3. The molecule has 0 radical (unpaired) electrons. The average Bonchev–Trinajstić information content (AvgIpc) is 2.73. The number of nitrogens with zero attached hydrogens (tertiary/aromatic N) is 3. The molecular weight excluding hydrogens is 336 g/mol. The molecule has 0 aliphatic heterocycles. The lowest BCUT2D eigenvalue weighted by molar-refractivity contribution is 0.102. The molecule has 5 heteroatoms. The number of hydrogen-bond acceptors (Lipinski definition) is 4. The number of carbonyl (C=O) groups excluding carboxylic acids is 1. The second-order valence-corrected chi connectivity index (χ2v) is 6.25. The van der Waals surface area contributed by atoms with E-state index in [0.29, 0.717) is 11.1 Å². The van der Waals surface area contributed by atoms with Crippen molar-refractivity contribution in [2.75, 3.05) is 17.3 Å². The van der Waals surface area contributed by atoms with E-state index in [-0.39, 0.29) is 11.9 Å². The van der Waals surface area contributed by atoms with Crippen LogP contribution in [0.2, 0.25) is 0 Å². The van der Waals surface area contributed by atoms with Gasteiger partial charge in [0, 0.05) is 24.5 Å². The van der Waals surface area contributed by atoms with E-state index in [2.05, 4.69) is 23.3 Å². The van der Waals surface area contributed by atoms with Gasteiger partial charge in [-0.15, -0.1) is 0 Å². The van der Waals surface area contributed by atoms with Crippen molar-refractivity contribution in [2.45, 2.75) is 13.0 Å². The van der Waals surface area contributed by atoms with Crippen LogP contribution in [0.15, 0.2) is 72.9 Å². The van der Waals surface area contributed by atoms with Crippen molar-refractivity contribution < 1.29 is 4.79 Å². The normalized spacial score (nSPS) is 11.3.